The number of halogens is 3. The van der Waals surface area contributed by atoms with Gasteiger partial charge >= 0.3 is 0 Å². The molecule has 0 bridgehead atoms. The number of hydrogen-bond donors (Lipinski definition) is 2. The molecule has 0 spiro atoms. The lowest BCUT2D eigenvalue weighted by Gasteiger charge is -2.35. The molecule has 49 heavy (non-hydrogen) atoms. The maximum Gasteiger partial charge on any atom is 0.271 e. The Kier molecular flexibility index (Phi) is 10.8. The molecule has 0 radical (unpaired) electrons. The molecule has 5 rings (SSSR count). The highest BCUT2D eigenvalue weighted by atomic mass is 127. The van der Waals surface area contributed by atoms with Gasteiger partial charge in [0, 0.05) is 59.3 Å². The fourth-order valence-corrected chi connectivity index (χ4v) is 9.18. The molecule has 3 heterocycles. The smallest absolute Gasteiger partial charge is 0.271 e. The van der Waals surface area contributed by atoms with Crippen molar-refractivity contribution < 1.29 is 35.0 Å². The van der Waals surface area contributed by atoms with Crippen LogP contribution in [-0.4, -0.2) is 92.5 Å². The first-order valence-corrected chi connectivity index (χ1v) is 21.5. The lowest BCUT2D eigenvalue weighted by molar-refractivity contribution is -0.881. The molecule has 0 fully saturated rings. The highest BCUT2D eigenvalue weighted by Crippen LogP contribution is 2.48. The average molecular weight is 954 g/mol. The second kappa shape index (κ2) is 13.7. The van der Waals surface area contributed by atoms with E-state index < -0.39 is 42.6 Å². The van der Waals surface area contributed by atoms with E-state index in [1.165, 1.54) is 0 Å². The van der Waals surface area contributed by atoms with Gasteiger partial charge < -0.3 is 9.38 Å². The average Bonchev–Trinajstić information content (AvgIpc) is 3.30. The van der Waals surface area contributed by atoms with E-state index in [-0.39, 0.29) is 13.1 Å². The van der Waals surface area contributed by atoms with Crippen LogP contribution in [0.15, 0.2) is 82.6 Å². The molecule has 2 N–H and O–H groups in total. The minimum Gasteiger partial charge on any atom is -0.343 e. The lowest BCUT2D eigenvalue weighted by atomic mass is 9.81. The van der Waals surface area contributed by atoms with Crippen molar-refractivity contribution >= 4 is 94.1 Å². The van der Waals surface area contributed by atoms with Crippen molar-refractivity contribution in [2.75, 3.05) is 56.7 Å². The van der Waals surface area contributed by atoms with Gasteiger partial charge in [-0.1, -0.05) is 31.5 Å². The Morgan fingerprint density at radius 1 is 0.878 bits per heavy atom. The summed E-state index contributed by atoms with van der Waals surface area (Å²) < 4.78 is 71.0. The van der Waals surface area contributed by atoms with Crippen LogP contribution in [0, 0.1) is 7.14 Å². The van der Waals surface area contributed by atoms with Gasteiger partial charge in [-0.3, -0.25) is 9.11 Å². The van der Waals surface area contributed by atoms with Crippen molar-refractivity contribution in [2.24, 2.45) is 0 Å². The summed E-state index contributed by atoms with van der Waals surface area (Å²) in [6.07, 6.45) is 8.08. The van der Waals surface area contributed by atoms with Crippen molar-refractivity contribution in [3.8, 4) is 0 Å². The minimum atomic E-state index is -4.18. The van der Waals surface area contributed by atoms with Crippen molar-refractivity contribution in [1.29, 1.82) is 0 Å². The predicted molar refractivity (Wildman–Crippen MR) is 214 cm³/mol. The molecular formula is C35H42ClI2N3O6S2+2. The first-order chi connectivity index (χ1) is 22.5. The minimum absolute atomic E-state index is 0.105. The molecule has 0 amide bonds. The molecule has 264 valence electrons. The Balaban J connectivity index is 1.58. The number of benzene rings is 2. The van der Waals surface area contributed by atoms with Crippen LogP contribution in [0.4, 0.5) is 11.4 Å². The summed E-state index contributed by atoms with van der Waals surface area (Å²) >= 11 is 11.7. The summed E-state index contributed by atoms with van der Waals surface area (Å²) in [4.78, 5) is 1.97. The lowest BCUT2D eigenvalue weighted by Crippen LogP contribution is -2.45. The van der Waals surface area contributed by atoms with Gasteiger partial charge in [0.05, 0.1) is 30.3 Å². The Morgan fingerprint density at radius 3 is 2.12 bits per heavy atom. The summed E-state index contributed by atoms with van der Waals surface area (Å²) in [7, 11) is -4.09. The van der Waals surface area contributed by atoms with E-state index in [1.54, 1.807) is 0 Å². The van der Waals surface area contributed by atoms with Gasteiger partial charge in [0.1, 0.15) is 18.8 Å². The quantitative estimate of drug-likeness (QED) is 0.123. The van der Waals surface area contributed by atoms with Crippen LogP contribution in [-0.2, 0) is 31.1 Å². The summed E-state index contributed by atoms with van der Waals surface area (Å²) in [5, 5.41) is 0.630. The molecule has 3 aliphatic rings. The largest absolute Gasteiger partial charge is 0.343 e. The first kappa shape index (κ1) is 38.6. The number of allylic oxidation sites excluding steroid dienone is 4. The fourth-order valence-electron chi connectivity index (χ4n) is 7.12. The Morgan fingerprint density at radius 2 is 1.49 bits per heavy atom. The van der Waals surface area contributed by atoms with Crippen LogP contribution in [0.2, 0.25) is 0 Å². The number of hydrogen-bond acceptors (Lipinski definition) is 5. The highest BCUT2D eigenvalue weighted by molar-refractivity contribution is 14.1. The zero-order valence-electron chi connectivity index (χ0n) is 28.3. The second-order valence-electron chi connectivity index (χ2n) is 14.5. The standard InChI is InChI=1S/C35H40ClI2N3O6S2/c1-34(2)27-19-25(37)9-11-29(27)39(15-17-48(42,43)44)31(34)13-7-23-21-41(5,6)22-24(33(23)36)8-14-32-35(3,4)28-20-26(38)10-12-30(28)40(32)16-18-49(45,46)47/h7-14,19-20H,15-18,21-22H2,1-6H3/p+2. The molecular weight excluding hydrogens is 912 g/mol. The Hall–Kier alpha value is -1.60. The van der Waals surface area contributed by atoms with Crippen molar-refractivity contribution in [2.45, 2.75) is 38.5 Å². The topological polar surface area (TPSA) is 115 Å². The van der Waals surface area contributed by atoms with Crippen molar-refractivity contribution in [1.82, 2.24) is 0 Å². The molecule has 3 aliphatic heterocycles. The van der Waals surface area contributed by atoms with Crippen LogP contribution in [0.25, 0.3) is 0 Å². The summed E-state index contributed by atoms with van der Waals surface area (Å²) in [6, 6.07) is 12.2. The molecule has 0 aliphatic carbocycles. The van der Waals surface area contributed by atoms with Crippen LogP contribution < -0.4 is 4.90 Å². The zero-order chi connectivity index (χ0) is 36.3. The maximum absolute atomic E-state index is 11.8. The molecule has 14 heteroatoms. The highest BCUT2D eigenvalue weighted by Gasteiger charge is 2.45. The molecule has 2 aromatic rings. The summed E-state index contributed by atoms with van der Waals surface area (Å²) in [6.45, 7) is 9.99. The van der Waals surface area contributed by atoms with E-state index in [0.29, 0.717) is 22.6 Å². The summed E-state index contributed by atoms with van der Waals surface area (Å²) in [5.74, 6) is -0.803. The van der Waals surface area contributed by atoms with Gasteiger partial charge in [0.2, 0.25) is 5.69 Å². The van der Waals surface area contributed by atoms with Gasteiger partial charge in [-0.25, -0.2) is 0 Å². The molecule has 0 unspecified atom stereocenters. The molecule has 2 aromatic carbocycles. The monoisotopic (exact) mass is 953 g/mol. The SMILES string of the molecule is CC1(C)C(/C=C/C2=C(Cl)C(=C/C=C3/N(CCS(=O)(=O)O)c4ccc(I)cc4C3(C)C)/C[N+](C)(C)C2)=[N+](CCS(=O)(=O)O)c2ccc(I)cc21. The molecule has 0 atom stereocenters. The molecule has 9 nitrogen and oxygen atoms in total. The fraction of sp³-hybridized carbons (Fsp3) is 0.400. The third-order valence-corrected chi connectivity index (χ3v) is 12.7. The van der Waals surface area contributed by atoms with Crippen LogP contribution in [0.1, 0.15) is 38.8 Å². The van der Waals surface area contributed by atoms with Gasteiger partial charge in [-0.15, -0.1) is 0 Å². The maximum atomic E-state index is 11.8. The first-order valence-electron chi connectivity index (χ1n) is 15.7. The molecule has 0 saturated heterocycles. The molecule has 0 aromatic heterocycles. The van der Waals surface area contributed by atoms with E-state index in [1.807, 2.05) is 58.0 Å². The van der Waals surface area contributed by atoms with Crippen LogP contribution in [0.3, 0.4) is 0 Å². The number of anilines is 1. The number of likely N-dealkylation sites (N-methyl/N-ethyl adjacent to an activating group) is 1. The molecule has 0 saturated carbocycles. The van der Waals surface area contributed by atoms with Crippen LogP contribution >= 0.6 is 56.8 Å². The van der Waals surface area contributed by atoms with Crippen LogP contribution in [0.5, 0.6) is 0 Å². The number of fused-ring (bicyclic) bond motifs is 2. The van der Waals surface area contributed by atoms with E-state index >= 15 is 0 Å². The van der Waals surface area contributed by atoms with E-state index in [2.05, 4.69) is 99.1 Å². The number of nitrogens with zero attached hydrogens (tertiary/aromatic N) is 3. The van der Waals surface area contributed by atoms with Crippen molar-refractivity contribution in [3.63, 3.8) is 0 Å². The van der Waals surface area contributed by atoms with E-state index in [4.69, 9.17) is 11.6 Å². The Bertz CT molecular complexity index is 2100. The second-order valence-corrected chi connectivity index (χ2v) is 20.5. The van der Waals surface area contributed by atoms with E-state index in [9.17, 15) is 25.9 Å². The third kappa shape index (κ3) is 8.39. The predicted octanol–water partition coefficient (Wildman–Crippen LogP) is 6.79. The number of rotatable bonds is 9. The Labute approximate surface area is 322 Å². The van der Waals surface area contributed by atoms with Gasteiger partial charge in [0.25, 0.3) is 20.2 Å². The third-order valence-electron chi connectivity index (χ3n) is 9.50. The zero-order valence-corrected chi connectivity index (χ0v) is 35.0. The normalized spacial score (nSPS) is 21.7. The number of quaternary nitrogens is 1. The summed E-state index contributed by atoms with van der Waals surface area (Å²) in [5.41, 5.74) is 6.77. The van der Waals surface area contributed by atoms with E-state index in [0.717, 1.165) is 52.2 Å². The van der Waals surface area contributed by atoms with Gasteiger partial charge in [-0.05, 0) is 107 Å². The van der Waals surface area contributed by atoms with Crippen molar-refractivity contribution in [3.05, 3.63) is 101 Å². The van der Waals surface area contributed by atoms with Gasteiger partial charge in [0.15, 0.2) is 12.3 Å². The van der Waals surface area contributed by atoms with Gasteiger partial charge in [-0.2, -0.15) is 21.4 Å².